The molecule has 0 spiro atoms. The zero-order valence-corrected chi connectivity index (χ0v) is 13.0. The summed E-state index contributed by atoms with van der Waals surface area (Å²) in [5, 5.41) is 3.18. The Hall–Kier alpha value is -2.29. The third-order valence-corrected chi connectivity index (χ3v) is 4.34. The van der Waals surface area contributed by atoms with Crippen LogP contribution >= 0.6 is 0 Å². The third kappa shape index (κ3) is 3.14. The number of amides is 1. The Labute approximate surface area is 132 Å². The zero-order valence-electron chi connectivity index (χ0n) is 13.0. The number of carbonyl (C=O) groups is 1. The molecule has 1 aliphatic carbocycles. The van der Waals surface area contributed by atoms with Crippen LogP contribution in [0.3, 0.4) is 0 Å². The smallest absolute Gasteiger partial charge is 0.253 e. The van der Waals surface area contributed by atoms with E-state index in [2.05, 4.69) is 10.2 Å². The summed E-state index contributed by atoms with van der Waals surface area (Å²) in [6.45, 7) is 0. The number of para-hydroxylation sites is 2. The summed E-state index contributed by atoms with van der Waals surface area (Å²) in [6.07, 6.45) is 4.64. The van der Waals surface area contributed by atoms with Crippen LogP contribution in [0.4, 0.5) is 11.4 Å². The molecule has 1 amide bonds. The van der Waals surface area contributed by atoms with Crippen LogP contribution in [0.5, 0.6) is 0 Å². The Kier molecular flexibility index (Phi) is 4.42. The van der Waals surface area contributed by atoms with E-state index in [4.69, 9.17) is 0 Å². The fourth-order valence-corrected chi connectivity index (χ4v) is 3.08. The topological polar surface area (TPSA) is 32.3 Å². The molecule has 1 aliphatic rings. The van der Waals surface area contributed by atoms with Gasteiger partial charge in [0.15, 0.2) is 0 Å². The molecule has 3 rings (SSSR count). The van der Waals surface area contributed by atoms with Crippen LogP contribution in [-0.2, 0) is 0 Å². The fourth-order valence-electron chi connectivity index (χ4n) is 3.08. The molecular weight excluding hydrogens is 272 g/mol. The van der Waals surface area contributed by atoms with Crippen molar-refractivity contribution in [3.05, 3.63) is 60.2 Å². The number of nitrogens with zero attached hydrogens (tertiary/aromatic N) is 1. The van der Waals surface area contributed by atoms with E-state index in [9.17, 15) is 4.79 Å². The van der Waals surface area contributed by atoms with Crippen molar-refractivity contribution in [3.8, 4) is 0 Å². The molecule has 0 radical (unpaired) electrons. The molecule has 0 atom stereocenters. The van der Waals surface area contributed by atoms with Crippen LogP contribution in [-0.4, -0.2) is 19.0 Å². The highest BCUT2D eigenvalue weighted by Crippen LogP contribution is 2.27. The first-order chi connectivity index (χ1) is 10.8. The van der Waals surface area contributed by atoms with Gasteiger partial charge < -0.3 is 10.2 Å². The minimum absolute atomic E-state index is 0.0327. The average Bonchev–Trinajstić information content (AvgIpc) is 3.08. The van der Waals surface area contributed by atoms with Gasteiger partial charge in [0.05, 0.1) is 11.3 Å². The number of carbonyl (C=O) groups excluding carboxylic acids is 1. The van der Waals surface area contributed by atoms with Crippen LogP contribution in [0.25, 0.3) is 0 Å². The minimum atomic E-state index is 0.0327. The van der Waals surface area contributed by atoms with Crippen LogP contribution in [0, 0.1) is 0 Å². The maximum absolute atomic E-state index is 12.6. The molecule has 1 saturated carbocycles. The van der Waals surface area contributed by atoms with Gasteiger partial charge in [0.25, 0.3) is 5.91 Å². The lowest BCUT2D eigenvalue weighted by Crippen LogP contribution is -2.33. The zero-order chi connectivity index (χ0) is 15.4. The second-order valence-corrected chi connectivity index (χ2v) is 5.87. The monoisotopic (exact) mass is 294 g/mol. The first kappa shape index (κ1) is 14.6. The maximum atomic E-state index is 12.6. The van der Waals surface area contributed by atoms with E-state index in [1.807, 2.05) is 61.6 Å². The molecule has 1 N–H and O–H groups in total. The first-order valence-corrected chi connectivity index (χ1v) is 7.94. The van der Waals surface area contributed by atoms with Crippen molar-refractivity contribution in [2.45, 2.75) is 31.7 Å². The quantitative estimate of drug-likeness (QED) is 0.919. The van der Waals surface area contributed by atoms with Crippen molar-refractivity contribution in [2.24, 2.45) is 0 Å². The van der Waals surface area contributed by atoms with Gasteiger partial charge in [-0.15, -0.1) is 0 Å². The molecule has 0 aromatic heterocycles. The Morgan fingerprint density at radius 1 is 1.00 bits per heavy atom. The summed E-state index contributed by atoms with van der Waals surface area (Å²) in [7, 11) is 2.00. The Balaban J connectivity index is 1.84. The predicted molar refractivity (Wildman–Crippen MR) is 90.7 cm³/mol. The van der Waals surface area contributed by atoms with E-state index in [1.165, 1.54) is 12.8 Å². The van der Waals surface area contributed by atoms with Crippen molar-refractivity contribution in [3.63, 3.8) is 0 Å². The van der Waals surface area contributed by atoms with Crippen molar-refractivity contribution in [1.29, 1.82) is 0 Å². The average molecular weight is 294 g/mol. The second-order valence-electron chi connectivity index (χ2n) is 5.87. The van der Waals surface area contributed by atoms with E-state index in [0.717, 1.165) is 29.8 Å². The molecule has 0 heterocycles. The Bertz CT molecular complexity index is 633. The fraction of sp³-hybridized carbons (Fsp3) is 0.316. The second kappa shape index (κ2) is 6.65. The summed E-state index contributed by atoms with van der Waals surface area (Å²) in [5.41, 5.74) is 2.74. The van der Waals surface area contributed by atoms with Gasteiger partial charge in [0.1, 0.15) is 0 Å². The third-order valence-electron chi connectivity index (χ3n) is 4.34. The molecule has 22 heavy (non-hydrogen) atoms. The SMILES string of the molecule is CN(c1ccccc1)c1ccccc1C(=O)NC1CCCC1. The molecule has 0 aliphatic heterocycles. The van der Waals surface area contributed by atoms with E-state index < -0.39 is 0 Å². The van der Waals surface area contributed by atoms with Gasteiger partial charge in [-0.05, 0) is 37.1 Å². The van der Waals surface area contributed by atoms with Gasteiger partial charge in [-0.1, -0.05) is 43.2 Å². The highest BCUT2D eigenvalue weighted by Gasteiger charge is 2.20. The number of anilines is 2. The van der Waals surface area contributed by atoms with Gasteiger partial charge in [-0.25, -0.2) is 0 Å². The van der Waals surface area contributed by atoms with Gasteiger partial charge in [0.2, 0.25) is 0 Å². The molecule has 1 fully saturated rings. The van der Waals surface area contributed by atoms with Crippen molar-refractivity contribution < 1.29 is 4.79 Å². The van der Waals surface area contributed by atoms with E-state index in [-0.39, 0.29) is 5.91 Å². The molecule has 3 nitrogen and oxygen atoms in total. The Morgan fingerprint density at radius 2 is 1.64 bits per heavy atom. The highest BCUT2D eigenvalue weighted by atomic mass is 16.1. The number of nitrogens with one attached hydrogen (secondary N) is 1. The lowest BCUT2D eigenvalue weighted by molar-refractivity contribution is 0.0938. The molecule has 0 unspecified atom stereocenters. The summed E-state index contributed by atoms with van der Waals surface area (Å²) in [5.74, 6) is 0.0327. The molecule has 114 valence electrons. The molecule has 0 saturated heterocycles. The Morgan fingerprint density at radius 3 is 2.36 bits per heavy atom. The highest BCUT2D eigenvalue weighted by molar-refractivity contribution is 6.00. The van der Waals surface area contributed by atoms with E-state index in [0.29, 0.717) is 6.04 Å². The first-order valence-electron chi connectivity index (χ1n) is 7.94. The lowest BCUT2D eigenvalue weighted by Gasteiger charge is -2.23. The van der Waals surface area contributed by atoms with Crippen LogP contribution in [0.2, 0.25) is 0 Å². The van der Waals surface area contributed by atoms with E-state index >= 15 is 0 Å². The number of rotatable bonds is 4. The molecule has 3 heteroatoms. The van der Waals surface area contributed by atoms with Crippen LogP contribution < -0.4 is 10.2 Å². The van der Waals surface area contributed by atoms with Gasteiger partial charge in [-0.2, -0.15) is 0 Å². The minimum Gasteiger partial charge on any atom is -0.349 e. The van der Waals surface area contributed by atoms with Crippen molar-refractivity contribution in [1.82, 2.24) is 5.32 Å². The van der Waals surface area contributed by atoms with Crippen LogP contribution in [0.15, 0.2) is 54.6 Å². The number of benzene rings is 2. The molecule has 2 aromatic carbocycles. The van der Waals surface area contributed by atoms with Crippen LogP contribution in [0.1, 0.15) is 36.0 Å². The molecule has 2 aromatic rings. The summed E-state index contributed by atoms with van der Waals surface area (Å²) in [6, 6.07) is 18.2. The lowest BCUT2D eigenvalue weighted by atomic mass is 10.1. The van der Waals surface area contributed by atoms with Crippen molar-refractivity contribution >= 4 is 17.3 Å². The van der Waals surface area contributed by atoms with Crippen molar-refractivity contribution in [2.75, 3.05) is 11.9 Å². The maximum Gasteiger partial charge on any atom is 0.253 e. The van der Waals surface area contributed by atoms with Gasteiger partial charge >= 0.3 is 0 Å². The number of hydrogen-bond acceptors (Lipinski definition) is 2. The predicted octanol–water partition coefficient (Wildman–Crippen LogP) is 4.13. The van der Waals surface area contributed by atoms with Gasteiger partial charge in [0, 0.05) is 18.8 Å². The summed E-state index contributed by atoms with van der Waals surface area (Å²) in [4.78, 5) is 14.7. The largest absolute Gasteiger partial charge is 0.349 e. The summed E-state index contributed by atoms with van der Waals surface area (Å²) < 4.78 is 0. The van der Waals surface area contributed by atoms with E-state index in [1.54, 1.807) is 0 Å². The standard InChI is InChI=1S/C19H22N2O/c1-21(16-11-3-2-4-12-16)18-14-8-7-13-17(18)19(22)20-15-9-5-6-10-15/h2-4,7-8,11-15H,5-6,9-10H2,1H3,(H,20,22). The summed E-state index contributed by atoms with van der Waals surface area (Å²) >= 11 is 0. The normalized spacial score (nSPS) is 14.8. The molecule has 0 bridgehead atoms. The molecular formula is C19H22N2O. The number of hydrogen-bond donors (Lipinski definition) is 1. The van der Waals surface area contributed by atoms with Gasteiger partial charge in [-0.3, -0.25) is 4.79 Å².